The van der Waals surface area contributed by atoms with Crippen molar-refractivity contribution >= 4 is 28.0 Å². The minimum absolute atomic E-state index is 0.128. The minimum atomic E-state index is -1.77. The Morgan fingerprint density at radius 3 is 2.31 bits per heavy atom. The summed E-state index contributed by atoms with van der Waals surface area (Å²) in [7, 11) is 2.92. The summed E-state index contributed by atoms with van der Waals surface area (Å²) in [4.78, 5) is 16.7. The third kappa shape index (κ3) is 5.33. The first kappa shape index (κ1) is 30.2. The second kappa shape index (κ2) is 12.1. The summed E-state index contributed by atoms with van der Waals surface area (Å²) in [5.74, 6) is 0.0470. The fourth-order valence-electron chi connectivity index (χ4n) is 5.18. The van der Waals surface area contributed by atoms with Crippen LogP contribution in [-0.4, -0.2) is 119 Å². The predicted molar refractivity (Wildman–Crippen MR) is 140 cm³/mol. The van der Waals surface area contributed by atoms with E-state index in [1.165, 1.54) is 27.4 Å². The van der Waals surface area contributed by atoms with Gasteiger partial charge in [0.25, 0.3) is 0 Å². The lowest BCUT2D eigenvalue weighted by Crippen LogP contribution is -2.65. The molecule has 0 saturated carbocycles. The molecule has 5 N–H and O–H groups in total. The van der Waals surface area contributed by atoms with E-state index in [2.05, 4.69) is 4.98 Å². The van der Waals surface area contributed by atoms with Gasteiger partial charge in [0, 0.05) is 12.3 Å². The van der Waals surface area contributed by atoms with Crippen molar-refractivity contribution in [2.75, 3.05) is 20.8 Å². The number of nitrogens with zero attached hydrogens (tertiary/aromatic N) is 1. The highest BCUT2D eigenvalue weighted by atomic mass is 16.7. The highest BCUT2D eigenvalue weighted by molar-refractivity contribution is 6.02. The van der Waals surface area contributed by atoms with Gasteiger partial charge in [0.2, 0.25) is 12.0 Å². The number of ether oxygens (including phenoxy) is 7. The molecule has 5 rings (SSSR count). The summed E-state index contributed by atoms with van der Waals surface area (Å²) in [6.45, 7) is 1.96. The molecule has 2 saturated heterocycles. The molecule has 2 aliphatic rings. The molecule has 230 valence electrons. The summed E-state index contributed by atoms with van der Waals surface area (Å²) >= 11 is 0. The molecular weight excluding hydrogens is 562 g/mol. The van der Waals surface area contributed by atoms with Crippen LogP contribution in [0.15, 0.2) is 28.9 Å². The SMILES string of the molecule is COc1c2ccoc2nc2c(OC)c(O[C@@H]3O[C@@H](C)[C@H](O)[C@@H](O[C@@H]4O[C@H](CO)[C@@H](O)[C@H](O)[C@H]4O)[C@H]3OC(C)=O)ccc12. The Kier molecular flexibility index (Phi) is 8.73. The Balaban J connectivity index is 1.50. The van der Waals surface area contributed by atoms with Crippen molar-refractivity contribution in [2.45, 2.75) is 75.3 Å². The van der Waals surface area contributed by atoms with Crippen LogP contribution in [0.3, 0.4) is 0 Å². The quantitative estimate of drug-likeness (QED) is 0.210. The van der Waals surface area contributed by atoms with E-state index < -0.39 is 74.0 Å². The number of aromatic nitrogens is 1. The Bertz CT molecular complexity index is 1410. The summed E-state index contributed by atoms with van der Waals surface area (Å²) in [6, 6.07) is 4.99. The number of carbonyl (C=O) groups is 1. The number of esters is 1. The van der Waals surface area contributed by atoms with E-state index in [0.29, 0.717) is 27.8 Å². The molecule has 0 radical (unpaired) electrons. The molecule has 3 aromatic rings. The van der Waals surface area contributed by atoms with E-state index in [-0.39, 0.29) is 11.5 Å². The zero-order chi connectivity index (χ0) is 30.3. The molecule has 2 aromatic heterocycles. The van der Waals surface area contributed by atoms with Gasteiger partial charge in [-0.2, -0.15) is 0 Å². The first-order valence-electron chi connectivity index (χ1n) is 13.1. The standard InChI is InChI=1S/C27H33NO14/c1-10-17(31)23(42-26-20(34)19(33)18(32)15(9-29)41-26)24(39-11(2)30)27(38-10)40-14-6-5-12-16(22(14)36-4)28-25-13(7-8-37-25)21(12)35-3/h5-8,10,15,17-20,23-24,26-27,29,31-34H,9H2,1-4H3/t10-,15+,17-,18+,19-,20+,23+,24+,26-,27-/m0/s1. The lowest BCUT2D eigenvalue weighted by atomic mass is 9.97. The molecule has 0 bridgehead atoms. The monoisotopic (exact) mass is 595 g/mol. The number of rotatable bonds is 8. The molecular formula is C27H33NO14. The largest absolute Gasteiger partial charge is 0.495 e. The van der Waals surface area contributed by atoms with Crippen molar-refractivity contribution in [1.82, 2.24) is 4.98 Å². The van der Waals surface area contributed by atoms with E-state index in [1.54, 1.807) is 18.2 Å². The first-order chi connectivity index (χ1) is 20.1. The van der Waals surface area contributed by atoms with Gasteiger partial charge in [0.05, 0.1) is 38.6 Å². The van der Waals surface area contributed by atoms with E-state index in [4.69, 9.17) is 37.6 Å². The smallest absolute Gasteiger partial charge is 0.303 e. The van der Waals surface area contributed by atoms with Crippen molar-refractivity contribution in [1.29, 1.82) is 0 Å². The average Bonchev–Trinajstić information content (AvgIpc) is 3.44. The third-order valence-corrected chi connectivity index (χ3v) is 7.29. The Labute approximate surface area is 239 Å². The lowest BCUT2D eigenvalue weighted by Gasteiger charge is -2.46. The summed E-state index contributed by atoms with van der Waals surface area (Å²) in [5.41, 5.74) is 0.641. The fraction of sp³-hybridized carbons (Fsp3) is 0.556. The van der Waals surface area contributed by atoms with E-state index in [0.717, 1.165) is 6.92 Å². The zero-order valence-electron chi connectivity index (χ0n) is 23.1. The first-order valence-corrected chi connectivity index (χ1v) is 13.1. The topological polar surface area (TPSA) is 209 Å². The van der Waals surface area contributed by atoms with Gasteiger partial charge in [-0.05, 0) is 25.1 Å². The maximum Gasteiger partial charge on any atom is 0.303 e. The predicted octanol–water partition coefficient (Wildman–Crippen LogP) is -0.400. The number of methoxy groups -OCH3 is 2. The van der Waals surface area contributed by atoms with Crippen LogP contribution in [0.5, 0.6) is 17.2 Å². The Hall–Kier alpha value is -3.28. The number of furan rings is 1. The van der Waals surface area contributed by atoms with Gasteiger partial charge in [-0.15, -0.1) is 0 Å². The zero-order valence-corrected chi connectivity index (χ0v) is 23.1. The van der Waals surface area contributed by atoms with E-state index in [9.17, 15) is 30.3 Å². The van der Waals surface area contributed by atoms with E-state index in [1.807, 2.05) is 0 Å². The van der Waals surface area contributed by atoms with Crippen LogP contribution >= 0.6 is 0 Å². The van der Waals surface area contributed by atoms with Gasteiger partial charge in [0.15, 0.2) is 23.9 Å². The molecule has 10 atom stereocenters. The number of hydrogen-bond donors (Lipinski definition) is 5. The van der Waals surface area contributed by atoms with Gasteiger partial charge < -0.3 is 63.1 Å². The maximum absolute atomic E-state index is 12.1. The van der Waals surface area contributed by atoms with Crippen LogP contribution < -0.4 is 14.2 Å². The molecule has 0 amide bonds. The number of benzene rings is 1. The lowest BCUT2D eigenvalue weighted by molar-refractivity contribution is -0.350. The van der Waals surface area contributed by atoms with Crippen LogP contribution in [0, 0.1) is 0 Å². The molecule has 4 heterocycles. The molecule has 0 spiro atoms. The van der Waals surface area contributed by atoms with Crippen LogP contribution in [0.25, 0.3) is 22.0 Å². The molecule has 15 heteroatoms. The number of aliphatic hydroxyl groups is 5. The second-order valence-electron chi connectivity index (χ2n) is 9.97. The van der Waals surface area contributed by atoms with Crippen molar-refractivity contribution in [3.63, 3.8) is 0 Å². The van der Waals surface area contributed by atoms with Gasteiger partial charge in [-0.3, -0.25) is 4.79 Å². The molecule has 2 aliphatic heterocycles. The Morgan fingerprint density at radius 1 is 0.905 bits per heavy atom. The molecule has 0 aliphatic carbocycles. The third-order valence-electron chi connectivity index (χ3n) is 7.29. The van der Waals surface area contributed by atoms with Crippen molar-refractivity contribution < 1.29 is 67.9 Å². The number of hydrogen-bond acceptors (Lipinski definition) is 15. The van der Waals surface area contributed by atoms with Crippen LogP contribution in [0.1, 0.15) is 13.8 Å². The fourth-order valence-corrected chi connectivity index (χ4v) is 5.18. The molecule has 15 nitrogen and oxygen atoms in total. The molecule has 2 fully saturated rings. The molecule has 0 unspecified atom stereocenters. The van der Waals surface area contributed by atoms with Crippen LogP contribution in [0.2, 0.25) is 0 Å². The summed E-state index contributed by atoms with van der Waals surface area (Å²) in [6.07, 6.45) is -13.2. The van der Waals surface area contributed by atoms with Crippen molar-refractivity contribution in [3.8, 4) is 17.2 Å². The number of aliphatic hydroxyl groups excluding tert-OH is 5. The maximum atomic E-state index is 12.1. The minimum Gasteiger partial charge on any atom is -0.495 e. The van der Waals surface area contributed by atoms with Gasteiger partial charge in [0.1, 0.15) is 47.9 Å². The number of fused-ring (bicyclic) bond motifs is 2. The van der Waals surface area contributed by atoms with Gasteiger partial charge in [-0.1, -0.05) is 0 Å². The summed E-state index contributed by atoms with van der Waals surface area (Å²) < 4.78 is 45.5. The second-order valence-corrected chi connectivity index (χ2v) is 9.97. The normalized spacial score (nSPS) is 33.5. The van der Waals surface area contributed by atoms with E-state index >= 15 is 0 Å². The molecule has 42 heavy (non-hydrogen) atoms. The van der Waals surface area contributed by atoms with Gasteiger partial charge in [-0.25, -0.2) is 4.98 Å². The summed E-state index contributed by atoms with van der Waals surface area (Å²) in [5, 5.41) is 52.6. The van der Waals surface area contributed by atoms with Crippen molar-refractivity contribution in [2.24, 2.45) is 0 Å². The average molecular weight is 596 g/mol. The van der Waals surface area contributed by atoms with Crippen molar-refractivity contribution in [3.05, 3.63) is 24.5 Å². The molecule has 1 aromatic carbocycles. The number of carbonyl (C=O) groups excluding carboxylic acids is 1. The van der Waals surface area contributed by atoms with Crippen LogP contribution in [-0.2, 0) is 23.7 Å². The van der Waals surface area contributed by atoms with Gasteiger partial charge >= 0.3 is 5.97 Å². The highest BCUT2D eigenvalue weighted by Gasteiger charge is 2.52. The highest BCUT2D eigenvalue weighted by Crippen LogP contribution is 2.43. The number of pyridine rings is 1. The van der Waals surface area contributed by atoms with Crippen LogP contribution in [0.4, 0.5) is 0 Å². The Morgan fingerprint density at radius 2 is 1.64 bits per heavy atom.